The largest absolute Gasteiger partial charge is 0.388 e. The summed E-state index contributed by atoms with van der Waals surface area (Å²) < 4.78 is 0. The summed E-state index contributed by atoms with van der Waals surface area (Å²) in [6.45, 7) is 4.21. The van der Waals surface area contributed by atoms with E-state index in [0.29, 0.717) is 0 Å². The number of nitrogens with one attached hydrogen (secondary N) is 3. The highest BCUT2D eigenvalue weighted by Gasteiger charge is 2.12. The van der Waals surface area contributed by atoms with Crippen molar-refractivity contribution in [1.82, 2.24) is 0 Å². The van der Waals surface area contributed by atoms with E-state index in [0.717, 1.165) is 28.9 Å². The van der Waals surface area contributed by atoms with Crippen LogP contribution in [0.1, 0.15) is 35.3 Å². The summed E-state index contributed by atoms with van der Waals surface area (Å²) in [6, 6.07) is 12.1. The van der Waals surface area contributed by atoms with Crippen LogP contribution in [0.2, 0.25) is 0 Å². The van der Waals surface area contributed by atoms with Gasteiger partial charge < -0.3 is 21.8 Å². The first-order chi connectivity index (χ1) is 10.6. The summed E-state index contributed by atoms with van der Waals surface area (Å²) in [4.78, 5) is 0. The van der Waals surface area contributed by atoms with Crippen LogP contribution in [0.15, 0.2) is 36.4 Å². The monoisotopic (exact) mass is 296 g/mol. The first kappa shape index (κ1) is 16.0. The van der Waals surface area contributed by atoms with Crippen LogP contribution in [0.4, 0.5) is 11.4 Å². The van der Waals surface area contributed by atoms with E-state index in [9.17, 15) is 0 Å². The Bertz CT molecular complexity index is 647. The van der Waals surface area contributed by atoms with Crippen LogP contribution in [-0.4, -0.2) is 13.3 Å². The maximum atomic E-state index is 7.64. The molecule has 1 atom stereocenters. The second-order valence-corrected chi connectivity index (χ2v) is 5.35. The van der Waals surface area contributed by atoms with Crippen LogP contribution in [0.3, 0.4) is 0 Å². The molecule has 0 aromatic heterocycles. The second-order valence-electron chi connectivity index (χ2n) is 5.35. The molecule has 5 N–H and O–H groups in total. The molecule has 0 amide bonds. The molecule has 0 heterocycles. The molecule has 0 aliphatic carbocycles. The average molecular weight is 296 g/mol. The number of aryl methyl sites for hydroxylation is 2. The summed E-state index contributed by atoms with van der Waals surface area (Å²) in [5.41, 5.74) is 12.6. The Morgan fingerprint density at radius 1 is 1.18 bits per heavy atom. The van der Waals surface area contributed by atoms with Crippen molar-refractivity contribution >= 4 is 17.6 Å². The summed E-state index contributed by atoms with van der Waals surface area (Å²) in [6.07, 6.45) is 1.99. The fraction of sp³-hybridized carbons (Fsp3) is 0.278. The molecular formula is C18H24N4. The highest BCUT2D eigenvalue weighted by molar-refractivity contribution is 5.80. The van der Waals surface area contributed by atoms with Gasteiger partial charge in [-0.25, -0.2) is 0 Å². The Kier molecular flexibility index (Phi) is 5.17. The molecule has 0 saturated carbocycles. The Balaban J connectivity index is 2.26. The van der Waals surface area contributed by atoms with Crippen LogP contribution in [-0.2, 0) is 6.42 Å². The van der Waals surface area contributed by atoms with Crippen molar-refractivity contribution in [3.8, 4) is 0 Å². The van der Waals surface area contributed by atoms with E-state index < -0.39 is 0 Å². The zero-order chi connectivity index (χ0) is 16.1. The molecule has 0 saturated heterocycles. The van der Waals surface area contributed by atoms with Gasteiger partial charge in [-0.3, -0.25) is 0 Å². The topological polar surface area (TPSA) is 73.9 Å². The second kappa shape index (κ2) is 7.09. The molecule has 2 rings (SSSR count). The molecule has 4 nitrogen and oxygen atoms in total. The minimum absolute atomic E-state index is 0.346. The number of anilines is 2. The van der Waals surface area contributed by atoms with E-state index in [1.165, 1.54) is 17.3 Å². The van der Waals surface area contributed by atoms with Gasteiger partial charge in [0.05, 0.1) is 0 Å². The maximum Gasteiger partial charge on any atom is 0.101 e. The van der Waals surface area contributed by atoms with Crippen LogP contribution >= 0.6 is 0 Å². The van der Waals surface area contributed by atoms with Gasteiger partial charge in [-0.15, -0.1) is 0 Å². The molecule has 2 aromatic rings. The van der Waals surface area contributed by atoms with Crippen LogP contribution in [0.5, 0.6) is 0 Å². The first-order valence-corrected chi connectivity index (χ1v) is 7.52. The lowest BCUT2D eigenvalue weighted by Gasteiger charge is -2.20. The van der Waals surface area contributed by atoms with Crippen molar-refractivity contribution in [3.05, 3.63) is 58.7 Å². The average Bonchev–Trinajstić information content (AvgIpc) is 2.55. The van der Waals surface area contributed by atoms with Crippen molar-refractivity contribution in [2.24, 2.45) is 5.73 Å². The molecule has 22 heavy (non-hydrogen) atoms. The number of rotatable bonds is 6. The molecular weight excluding hydrogens is 272 g/mol. The predicted octanol–water partition coefficient (Wildman–Crippen LogP) is 3.67. The van der Waals surface area contributed by atoms with Gasteiger partial charge in [-0.2, -0.15) is 0 Å². The van der Waals surface area contributed by atoms with Gasteiger partial charge >= 0.3 is 0 Å². The minimum atomic E-state index is -0.346. The highest BCUT2D eigenvalue weighted by Crippen LogP contribution is 2.23. The smallest absolute Gasteiger partial charge is 0.101 e. The zero-order valence-electron chi connectivity index (χ0n) is 13.4. The van der Waals surface area contributed by atoms with Crippen molar-refractivity contribution in [1.29, 1.82) is 5.41 Å². The van der Waals surface area contributed by atoms with Crippen molar-refractivity contribution in [2.45, 2.75) is 26.4 Å². The summed E-state index contributed by atoms with van der Waals surface area (Å²) in [5.74, 6) is 0. The fourth-order valence-electron chi connectivity index (χ4n) is 2.56. The summed E-state index contributed by atoms with van der Waals surface area (Å²) >= 11 is 0. The van der Waals surface area contributed by atoms with Crippen LogP contribution in [0, 0.1) is 12.3 Å². The van der Waals surface area contributed by atoms with Gasteiger partial charge in [-0.1, -0.05) is 13.0 Å². The third-order valence-electron chi connectivity index (χ3n) is 3.91. The Morgan fingerprint density at radius 2 is 1.82 bits per heavy atom. The van der Waals surface area contributed by atoms with Gasteiger partial charge in [-0.05, 0) is 65.9 Å². The van der Waals surface area contributed by atoms with E-state index in [2.05, 4.69) is 36.6 Å². The summed E-state index contributed by atoms with van der Waals surface area (Å²) in [7, 11) is 1.89. The molecule has 116 valence electrons. The Hall–Kier alpha value is -2.33. The van der Waals surface area contributed by atoms with Crippen LogP contribution < -0.4 is 16.4 Å². The number of nitrogens with two attached hydrogens (primary N) is 1. The quantitative estimate of drug-likeness (QED) is 0.485. The van der Waals surface area contributed by atoms with E-state index >= 15 is 0 Å². The molecule has 2 aromatic carbocycles. The van der Waals surface area contributed by atoms with E-state index in [4.69, 9.17) is 11.1 Å². The highest BCUT2D eigenvalue weighted by atomic mass is 15.0. The lowest BCUT2D eigenvalue weighted by atomic mass is 9.96. The van der Waals surface area contributed by atoms with Gasteiger partial charge in [0.1, 0.15) is 6.17 Å². The molecule has 1 unspecified atom stereocenters. The van der Waals surface area contributed by atoms with Crippen molar-refractivity contribution in [2.75, 3.05) is 17.7 Å². The number of benzene rings is 2. The van der Waals surface area contributed by atoms with Gasteiger partial charge in [0.2, 0.25) is 0 Å². The number of hydrogen-bond donors (Lipinski definition) is 4. The van der Waals surface area contributed by atoms with Gasteiger partial charge in [0.15, 0.2) is 0 Å². The SMILES string of the molecule is CCc1cc(C=N)c(C(N)Nc2ccc(NC)cc2)cc1C. The molecule has 0 aliphatic heterocycles. The van der Waals surface area contributed by atoms with E-state index in [1.807, 2.05) is 31.3 Å². The first-order valence-electron chi connectivity index (χ1n) is 7.52. The van der Waals surface area contributed by atoms with Gasteiger partial charge in [0.25, 0.3) is 0 Å². The lowest BCUT2D eigenvalue weighted by molar-refractivity contribution is 0.831. The third-order valence-corrected chi connectivity index (χ3v) is 3.91. The Morgan fingerprint density at radius 3 is 2.36 bits per heavy atom. The zero-order valence-corrected chi connectivity index (χ0v) is 13.4. The molecule has 4 heteroatoms. The molecule has 0 bridgehead atoms. The normalized spacial score (nSPS) is 11.8. The fourth-order valence-corrected chi connectivity index (χ4v) is 2.56. The number of hydrogen-bond acceptors (Lipinski definition) is 4. The Labute approximate surface area is 132 Å². The molecule has 0 fully saturated rings. The molecule has 0 aliphatic rings. The third kappa shape index (κ3) is 3.46. The minimum Gasteiger partial charge on any atom is -0.388 e. The van der Waals surface area contributed by atoms with E-state index in [-0.39, 0.29) is 6.17 Å². The molecule has 0 radical (unpaired) electrons. The van der Waals surface area contributed by atoms with E-state index in [1.54, 1.807) is 0 Å². The standard InChI is InChI=1S/C18H24N4/c1-4-13-10-14(11-19)17(9-12(13)2)18(20)22-16-7-5-15(21-3)6-8-16/h5-11,18-19,21-22H,4,20H2,1-3H3. The maximum absolute atomic E-state index is 7.64. The van der Waals surface area contributed by atoms with Gasteiger partial charge in [0, 0.05) is 24.6 Å². The summed E-state index contributed by atoms with van der Waals surface area (Å²) in [5, 5.41) is 14.0. The predicted molar refractivity (Wildman–Crippen MR) is 95.0 cm³/mol. The van der Waals surface area contributed by atoms with Crippen molar-refractivity contribution in [3.63, 3.8) is 0 Å². The van der Waals surface area contributed by atoms with Crippen molar-refractivity contribution < 1.29 is 0 Å². The van der Waals surface area contributed by atoms with Crippen LogP contribution in [0.25, 0.3) is 0 Å². The lowest BCUT2D eigenvalue weighted by Crippen LogP contribution is -2.22. The molecule has 0 spiro atoms.